The number of hydrogen-bond acceptors (Lipinski definition) is 2. The lowest BCUT2D eigenvalue weighted by Crippen LogP contribution is -2.28. The van der Waals surface area contributed by atoms with Crippen molar-refractivity contribution in [2.24, 2.45) is 5.92 Å². The first-order valence-corrected chi connectivity index (χ1v) is 4.65. The van der Waals surface area contributed by atoms with Gasteiger partial charge in [-0.3, -0.25) is 9.59 Å². The van der Waals surface area contributed by atoms with Crippen molar-refractivity contribution >= 4 is 11.9 Å². The fourth-order valence-electron chi connectivity index (χ4n) is 0.980. The molecule has 0 bridgehead atoms. The second kappa shape index (κ2) is 7.12. The monoisotopic (exact) mass is 199 g/mol. The van der Waals surface area contributed by atoms with E-state index in [-0.39, 0.29) is 18.2 Å². The third-order valence-corrected chi connectivity index (χ3v) is 1.75. The van der Waals surface area contributed by atoms with Crippen LogP contribution >= 0.6 is 0 Å². The van der Waals surface area contributed by atoms with Crippen molar-refractivity contribution < 1.29 is 14.7 Å². The van der Waals surface area contributed by atoms with E-state index in [4.69, 9.17) is 5.11 Å². The maximum Gasteiger partial charge on any atom is 0.303 e. The highest BCUT2D eigenvalue weighted by Crippen LogP contribution is 1.99. The number of carboxylic acid groups (broad SMARTS) is 1. The van der Waals surface area contributed by atoms with Gasteiger partial charge in [0.25, 0.3) is 0 Å². The molecule has 0 aliphatic rings. The molecule has 0 rings (SSSR count). The Labute approximate surface area is 84.0 Å². The van der Waals surface area contributed by atoms with E-state index in [0.29, 0.717) is 19.4 Å². The number of allylic oxidation sites excluding steroid dienone is 1. The molecule has 1 atom stereocenters. The average molecular weight is 199 g/mol. The molecule has 4 nitrogen and oxygen atoms in total. The van der Waals surface area contributed by atoms with Crippen molar-refractivity contribution in [1.29, 1.82) is 0 Å². The summed E-state index contributed by atoms with van der Waals surface area (Å²) in [5.41, 5.74) is 0. The first kappa shape index (κ1) is 12.7. The molecule has 0 fully saturated rings. The third kappa shape index (κ3) is 7.34. The Morgan fingerprint density at radius 3 is 2.71 bits per heavy atom. The average Bonchev–Trinajstić information content (AvgIpc) is 2.10. The smallest absolute Gasteiger partial charge is 0.303 e. The van der Waals surface area contributed by atoms with Crippen molar-refractivity contribution in [3.63, 3.8) is 0 Å². The van der Waals surface area contributed by atoms with Crippen LogP contribution in [0.5, 0.6) is 0 Å². The van der Waals surface area contributed by atoms with Crippen molar-refractivity contribution in [2.45, 2.75) is 26.2 Å². The normalized spacial score (nSPS) is 11.8. The molecule has 0 radical (unpaired) electrons. The highest BCUT2D eigenvalue weighted by atomic mass is 16.4. The molecule has 0 heterocycles. The number of carbonyl (C=O) groups is 2. The van der Waals surface area contributed by atoms with Crippen LogP contribution in [-0.4, -0.2) is 23.5 Å². The Kier molecular flexibility index (Phi) is 6.45. The van der Waals surface area contributed by atoms with Crippen LogP contribution in [0.25, 0.3) is 0 Å². The van der Waals surface area contributed by atoms with Gasteiger partial charge in [0.2, 0.25) is 5.91 Å². The predicted octanol–water partition coefficient (Wildman–Crippen LogP) is 1.18. The molecule has 0 saturated heterocycles. The second-order valence-corrected chi connectivity index (χ2v) is 3.33. The highest BCUT2D eigenvalue weighted by molar-refractivity contribution is 5.76. The molecule has 0 aromatic rings. The summed E-state index contributed by atoms with van der Waals surface area (Å²) in [4.78, 5) is 21.4. The summed E-state index contributed by atoms with van der Waals surface area (Å²) in [5.74, 6) is -0.917. The molecule has 1 unspecified atom stereocenters. The number of nitrogens with one attached hydrogen (secondary N) is 1. The lowest BCUT2D eigenvalue weighted by molar-refractivity contribution is -0.138. The first-order chi connectivity index (χ1) is 6.56. The van der Waals surface area contributed by atoms with Crippen LogP contribution in [0.2, 0.25) is 0 Å². The second-order valence-electron chi connectivity index (χ2n) is 3.33. The molecule has 80 valence electrons. The highest BCUT2D eigenvalue weighted by Gasteiger charge is 2.08. The van der Waals surface area contributed by atoms with Crippen LogP contribution in [0.4, 0.5) is 0 Å². The van der Waals surface area contributed by atoms with Crippen LogP contribution in [0.1, 0.15) is 26.2 Å². The van der Waals surface area contributed by atoms with E-state index in [2.05, 4.69) is 11.9 Å². The molecule has 1 amide bonds. The van der Waals surface area contributed by atoms with Crippen LogP contribution in [0.15, 0.2) is 12.7 Å². The molecule has 4 heteroatoms. The van der Waals surface area contributed by atoms with Gasteiger partial charge in [-0.2, -0.15) is 0 Å². The van der Waals surface area contributed by atoms with E-state index in [9.17, 15) is 9.59 Å². The van der Waals surface area contributed by atoms with Gasteiger partial charge in [0, 0.05) is 19.4 Å². The minimum Gasteiger partial charge on any atom is -0.481 e. The van der Waals surface area contributed by atoms with Crippen molar-refractivity contribution in [2.75, 3.05) is 6.54 Å². The van der Waals surface area contributed by atoms with Gasteiger partial charge in [0.1, 0.15) is 0 Å². The molecule has 0 aromatic carbocycles. The lowest BCUT2D eigenvalue weighted by Gasteiger charge is -2.09. The maximum atomic E-state index is 11.1. The van der Waals surface area contributed by atoms with Gasteiger partial charge in [-0.05, 0) is 12.3 Å². The maximum absolute atomic E-state index is 11.1. The minimum absolute atomic E-state index is 0.0276. The van der Waals surface area contributed by atoms with Crippen LogP contribution < -0.4 is 5.32 Å². The Hall–Kier alpha value is -1.32. The van der Waals surface area contributed by atoms with Gasteiger partial charge in [-0.25, -0.2) is 0 Å². The number of hydrogen-bond donors (Lipinski definition) is 2. The SMILES string of the molecule is C=CCCC(=O)NCC(C)CC(=O)O. The standard InChI is InChI=1S/C10H17NO3/c1-3-4-5-9(12)11-7-8(2)6-10(13)14/h3,8H,1,4-7H2,2H3,(H,11,12)(H,13,14). The molecular weight excluding hydrogens is 182 g/mol. The summed E-state index contributed by atoms with van der Waals surface area (Å²) < 4.78 is 0. The molecule has 0 aliphatic carbocycles. The molecular formula is C10H17NO3. The number of carboxylic acids is 1. The van der Waals surface area contributed by atoms with E-state index in [1.165, 1.54) is 0 Å². The molecule has 2 N–H and O–H groups in total. The molecule has 0 aromatic heterocycles. The predicted molar refractivity (Wildman–Crippen MR) is 53.9 cm³/mol. The number of carbonyl (C=O) groups excluding carboxylic acids is 1. The number of amides is 1. The topological polar surface area (TPSA) is 66.4 Å². The van der Waals surface area contributed by atoms with Crippen molar-refractivity contribution in [3.8, 4) is 0 Å². The zero-order chi connectivity index (χ0) is 11.0. The summed E-state index contributed by atoms with van der Waals surface area (Å²) in [7, 11) is 0. The summed E-state index contributed by atoms with van der Waals surface area (Å²) in [6, 6.07) is 0. The number of aliphatic carboxylic acids is 1. The number of rotatable bonds is 7. The summed E-state index contributed by atoms with van der Waals surface area (Å²) >= 11 is 0. The minimum atomic E-state index is -0.835. The van der Waals surface area contributed by atoms with Gasteiger partial charge in [0.05, 0.1) is 0 Å². The van der Waals surface area contributed by atoms with E-state index >= 15 is 0 Å². The summed E-state index contributed by atoms with van der Waals surface area (Å²) in [6.45, 7) is 5.72. The zero-order valence-corrected chi connectivity index (χ0v) is 8.45. The Morgan fingerprint density at radius 1 is 1.57 bits per heavy atom. The van der Waals surface area contributed by atoms with Crippen LogP contribution in [-0.2, 0) is 9.59 Å². The van der Waals surface area contributed by atoms with Crippen LogP contribution in [0.3, 0.4) is 0 Å². The van der Waals surface area contributed by atoms with E-state index in [1.54, 1.807) is 13.0 Å². The Bertz CT molecular complexity index is 213. The largest absolute Gasteiger partial charge is 0.481 e. The molecule has 0 saturated carbocycles. The van der Waals surface area contributed by atoms with Gasteiger partial charge < -0.3 is 10.4 Å². The Morgan fingerprint density at radius 2 is 2.21 bits per heavy atom. The fourth-order valence-corrected chi connectivity index (χ4v) is 0.980. The molecule has 0 aliphatic heterocycles. The van der Waals surface area contributed by atoms with Crippen LogP contribution in [0, 0.1) is 5.92 Å². The zero-order valence-electron chi connectivity index (χ0n) is 8.45. The molecule has 0 spiro atoms. The van der Waals surface area contributed by atoms with Gasteiger partial charge in [-0.15, -0.1) is 6.58 Å². The van der Waals surface area contributed by atoms with Gasteiger partial charge in [0.15, 0.2) is 0 Å². The summed E-state index contributed by atoms with van der Waals surface area (Å²) in [6.07, 6.45) is 2.84. The van der Waals surface area contributed by atoms with Crippen molar-refractivity contribution in [3.05, 3.63) is 12.7 Å². The third-order valence-electron chi connectivity index (χ3n) is 1.75. The molecule has 14 heavy (non-hydrogen) atoms. The quantitative estimate of drug-likeness (QED) is 0.605. The van der Waals surface area contributed by atoms with Crippen molar-refractivity contribution in [1.82, 2.24) is 5.32 Å². The fraction of sp³-hybridized carbons (Fsp3) is 0.600. The van der Waals surface area contributed by atoms with E-state index in [1.807, 2.05) is 0 Å². The Balaban J connectivity index is 3.55. The first-order valence-electron chi connectivity index (χ1n) is 4.65. The van der Waals surface area contributed by atoms with E-state index in [0.717, 1.165) is 0 Å². The van der Waals surface area contributed by atoms with Gasteiger partial charge in [-0.1, -0.05) is 13.0 Å². The van der Waals surface area contributed by atoms with E-state index < -0.39 is 5.97 Å². The lowest BCUT2D eigenvalue weighted by atomic mass is 10.1. The van der Waals surface area contributed by atoms with Gasteiger partial charge >= 0.3 is 5.97 Å². The summed E-state index contributed by atoms with van der Waals surface area (Å²) in [5, 5.41) is 11.1.